The van der Waals surface area contributed by atoms with Gasteiger partial charge in [0.05, 0.1) is 11.8 Å². The number of hydrogen-bond acceptors (Lipinski definition) is 4. The zero-order valence-corrected chi connectivity index (χ0v) is 9.52. The van der Waals surface area contributed by atoms with E-state index in [4.69, 9.17) is 9.62 Å². The van der Waals surface area contributed by atoms with E-state index in [9.17, 15) is 0 Å². The van der Waals surface area contributed by atoms with Crippen LogP contribution in [0, 0.1) is 11.8 Å². The average Bonchev–Trinajstić information content (AvgIpc) is 2.76. The molecule has 0 radical (unpaired) electrons. The van der Waals surface area contributed by atoms with Crippen molar-refractivity contribution in [2.75, 3.05) is 0 Å². The molecule has 5 heteroatoms. The molecule has 0 aliphatic heterocycles. The van der Waals surface area contributed by atoms with Gasteiger partial charge in [0, 0.05) is 18.0 Å². The van der Waals surface area contributed by atoms with Gasteiger partial charge >= 0.3 is 0 Å². The van der Waals surface area contributed by atoms with Crippen LogP contribution < -0.4 is 0 Å². The molecule has 2 heterocycles. The van der Waals surface area contributed by atoms with Crippen LogP contribution in [0.3, 0.4) is 0 Å². The van der Waals surface area contributed by atoms with Gasteiger partial charge in [-0.05, 0) is 18.2 Å². The van der Waals surface area contributed by atoms with Crippen LogP contribution in [0.1, 0.15) is 16.9 Å². The molecular weight excluding hydrogens is 240 g/mol. The van der Waals surface area contributed by atoms with E-state index in [0.29, 0.717) is 11.3 Å². The fourth-order valence-corrected chi connectivity index (χ4v) is 1.15. The number of furan rings is 1. The molecule has 0 unspecified atom stereocenters. The minimum atomic E-state index is 0. The summed E-state index contributed by atoms with van der Waals surface area (Å²) in [5.41, 5.74) is 1.48. The summed E-state index contributed by atoms with van der Waals surface area (Å²) in [7, 11) is 0. The molecular formula is C12H9ClN2O2. The molecule has 0 fully saturated rings. The lowest BCUT2D eigenvalue weighted by molar-refractivity contribution is 0.320. The third-order valence-electron chi connectivity index (χ3n) is 1.87. The van der Waals surface area contributed by atoms with E-state index in [0.717, 1.165) is 5.56 Å². The first-order chi connectivity index (χ1) is 7.90. The number of hydrogen-bond donors (Lipinski definition) is 1. The highest BCUT2D eigenvalue weighted by Crippen LogP contribution is 2.06. The van der Waals surface area contributed by atoms with Crippen molar-refractivity contribution in [1.82, 2.24) is 4.98 Å². The van der Waals surface area contributed by atoms with Crippen LogP contribution in [0.5, 0.6) is 0 Å². The van der Waals surface area contributed by atoms with Crippen molar-refractivity contribution in [2.45, 2.75) is 0 Å². The fraction of sp³-hybridized carbons (Fsp3) is 0. The second-order valence-electron chi connectivity index (χ2n) is 2.93. The van der Waals surface area contributed by atoms with Gasteiger partial charge in [0.2, 0.25) is 0 Å². The van der Waals surface area contributed by atoms with E-state index in [2.05, 4.69) is 22.0 Å². The summed E-state index contributed by atoms with van der Waals surface area (Å²) in [5, 5.41) is 11.3. The third kappa shape index (κ3) is 3.37. The molecule has 0 amide bonds. The molecule has 0 spiro atoms. The summed E-state index contributed by atoms with van der Waals surface area (Å²) in [6, 6.07) is 5.38. The van der Waals surface area contributed by atoms with E-state index in [1.165, 1.54) is 12.5 Å². The molecule has 4 nitrogen and oxygen atoms in total. The second-order valence-corrected chi connectivity index (χ2v) is 2.93. The third-order valence-corrected chi connectivity index (χ3v) is 1.87. The van der Waals surface area contributed by atoms with Gasteiger partial charge in [0.1, 0.15) is 6.21 Å². The Balaban J connectivity index is 0.00000144. The maximum Gasteiger partial charge on any atom is 0.163 e. The lowest BCUT2D eigenvalue weighted by Crippen LogP contribution is -1.81. The number of oxime groups is 1. The number of rotatable bonds is 1. The number of aromatic nitrogens is 1. The van der Waals surface area contributed by atoms with Gasteiger partial charge < -0.3 is 9.62 Å². The smallest absolute Gasteiger partial charge is 0.163 e. The normalized spacial score (nSPS) is 9.41. The second kappa shape index (κ2) is 6.36. The maximum atomic E-state index is 8.40. The minimum Gasteiger partial charge on any atom is -0.462 e. The van der Waals surface area contributed by atoms with Crippen molar-refractivity contribution in [2.24, 2.45) is 5.16 Å². The molecule has 0 saturated heterocycles. The molecule has 2 rings (SSSR count). The van der Waals surface area contributed by atoms with E-state index >= 15 is 0 Å². The van der Waals surface area contributed by atoms with Gasteiger partial charge in [-0.25, -0.2) is 0 Å². The van der Waals surface area contributed by atoms with Crippen molar-refractivity contribution in [3.63, 3.8) is 0 Å². The van der Waals surface area contributed by atoms with E-state index in [-0.39, 0.29) is 12.4 Å². The zero-order valence-electron chi connectivity index (χ0n) is 8.70. The Morgan fingerprint density at radius 3 is 2.94 bits per heavy atom. The molecule has 0 aromatic carbocycles. The van der Waals surface area contributed by atoms with Crippen LogP contribution in [0.4, 0.5) is 0 Å². The summed E-state index contributed by atoms with van der Waals surface area (Å²) in [6.45, 7) is 0. The molecule has 17 heavy (non-hydrogen) atoms. The predicted octanol–water partition coefficient (Wildman–Crippen LogP) is 2.30. The highest BCUT2D eigenvalue weighted by molar-refractivity contribution is 5.85. The van der Waals surface area contributed by atoms with Gasteiger partial charge in [-0.3, -0.25) is 4.98 Å². The largest absolute Gasteiger partial charge is 0.462 e. The fourth-order valence-electron chi connectivity index (χ4n) is 1.15. The average molecular weight is 249 g/mol. The van der Waals surface area contributed by atoms with Crippen LogP contribution >= 0.6 is 12.4 Å². The Bertz CT molecular complexity index is 553. The van der Waals surface area contributed by atoms with Gasteiger partial charge in [-0.15, -0.1) is 12.4 Å². The van der Waals surface area contributed by atoms with Crippen molar-refractivity contribution < 1.29 is 9.62 Å². The molecule has 0 saturated carbocycles. The zero-order chi connectivity index (χ0) is 11.2. The maximum absolute atomic E-state index is 8.40. The van der Waals surface area contributed by atoms with Crippen LogP contribution in [0.2, 0.25) is 0 Å². The molecule has 86 valence electrons. The topological polar surface area (TPSA) is 58.6 Å². The molecule has 1 N–H and O–H groups in total. The van der Waals surface area contributed by atoms with Crippen LogP contribution in [0.25, 0.3) is 0 Å². The highest BCUT2D eigenvalue weighted by Gasteiger charge is 1.99. The highest BCUT2D eigenvalue weighted by atomic mass is 35.5. The van der Waals surface area contributed by atoms with Crippen molar-refractivity contribution in [3.05, 3.63) is 53.7 Å². The standard InChI is InChI=1S/C12H8N2O2.ClH/c15-14-9-12-11(5-7-16-12)4-3-10-2-1-6-13-8-10;/h1-2,5-9,15H;1H/b14-9-;. The quantitative estimate of drug-likeness (QED) is 0.365. The Morgan fingerprint density at radius 2 is 2.24 bits per heavy atom. The SMILES string of the molecule is Cl.O/N=C\c1occc1C#Cc1cccnc1. The lowest BCUT2D eigenvalue weighted by atomic mass is 10.2. The Morgan fingerprint density at radius 1 is 1.35 bits per heavy atom. The van der Waals surface area contributed by atoms with E-state index in [1.54, 1.807) is 18.5 Å². The monoisotopic (exact) mass is 248 g/mol. The van der Waals surface area contributed by atoms with Crippen LogP contribution in [0.15, 0.2) is 46.4 Å². The first-order valence-corrected chi connectivity index (χ1v) is 4.57. The van der Waals surface area contributed by atoms with Crippen LogP contribution in [-0.4, -0.2) is 16.4 Å². The van der Waals surface area contributed by atoms with E-state index < -0.39 is 0 Å². The molecule has 2 aromatic heterocycles. The summed E-state index contributed by atoms with van der Waals surface area (Å²) in [6.07, 6.45) is 6.05. The predicted molar refractivity (Wildman–Crippen MR) is 65.6 cm³/mol. The molecule has 0 aliphatic rings. The van der Waals surface area contributed by atoms with Crippen molar-refractivity contribution in [1.29, 1.82) is 0 Å². The van der Waals surface area contributed by atoms with E-state index in [1.807, 2.05) is 12.1 Å². The van der Waals surface area contributed by atoms with Gasteiger partial charge in [0.15, 0.2) is 5.76 Å². The number of halogens is 1. The lowest BCUT2D eigenvalue weighted by Gasteiger charge is -1.86. The Labute approximate surface area is 104 Å². The van der Waals surface area contributed by atoms with Crippen molar-refractivity contribution in [3.8, 4) is 11.8 Å². The van der Waals surface area contributed by atoms with Crippen LogP contribution in [-0.2, 0) is 0 Å². The van der Waals surface area contributed by atoms with Gasteiger partial charge in [-0.1, -0.05) is 17.0 Å². The van der Waals surface area contributed by atoms with Crippen molar-refractivity contribution >= 4 is 18.6 Å². The molecule has 0 bridgehead atoms. The summed E-state index contributed by atoms with van der Waals surface area (Å²) < 4.78 is 5.07. The summed E-state index contributed by atoms with van der Waals surface area (Å²) in [4.78, 5) is 3.95. The molecule has 0 aliphatic carbocycles. The Hall–Kier alpha value is -2.25. The minimum absolute atomic E-state index is 0. The molecule has 2 aromatic rings. The molecule has 0 atom stereocenters. The number of pyridine rings is 1. The number of nitrogens with zero attached hydrogens (tertiary/aromatic N) is 2. The van der Waals surface area contributed by atoms with Gasteiger partial charge in [-0.2, -0.15) is 0 Å². The van der Waals surface area contributed by atoms with Gasteiger partial charge in [0.25, 0.3) is 0 Å². The summed E-state index contributed by atoms with van der Waals surface area (Å²) >= 11 is 0. The Kier molecular flexibility index (Phi) is 4.79. The summed E-state index contributed by atoms with van der Waals surface area (Å²) in [5.74, 6) is 6.27. The first kappa shape index (κ1) is 12.8. The first-order valence-electron chi connectivity index (χ1n) is 4.57.